The summed E-state index contributed by atoms with van der Waals surface area (Å²) in [7, 11) is 2.09. The third-order valence-corrected chi connectivity index (χ3v) is 14.3. The molecule has 280 valence electrons. The van der Waals surface area contributed by atoms with Crippen LogP contribution in [0.3, 0.4) is 0 Å². The fourth-order valence-corrected chi connectivity index (χ4v) is 11.5. The number of pyridine rings is 1. The molecule has 4 heterocycles. The first kappa shape index (κ1) is 33.9. The molecule has 5 nitrogen and oxygen atoms in total. The minimum Gasteiger partial charge on any atom is -0.0894 e. The van der Waals surface area contributed by atoms with Crippen LogP contribution in [-0.2, 0) is 31.8 Å². The molecule has 1 aliphatic heterocycles. The van der Waals surface area contributed by atoms with Crippen molar-refractivity contribution in [2.45, 2.75) is 22.1 Å². The average Bonchev–Trinajstić information content (AvgIpc) is 3.82. The minimum atomic E-state index is -0.487. The van der Waals surface area contributed by atoms with Gasteiger partial charge in [-0.2, -0.15) is 0 Å². The van der Waals surface area contributed by atoms with Crippen molar-refractivity contribution < 1.29 is 24.1 Å². The molecule has 0 radical (unpaired) electrons. The Morgan fingerprint density at radius 1 is 0.603 bits per heavy atom. The van der Waals surface area contributed by atoms with E-state index < -0.39 is 5.41 Å². The first-order valence-corrected chi connectivity index (χ1v) is 21.2. The number of para-hydroxylation sites is 2. The first-order valence-electron chi connectivity index (χ1n) is 19.3. The van der Waals surface area contributed by atoms with Crippen LogP contribution in [-0.4, -0.2) is 18.7 Å². The number of aromatic nitrogens is 4. The second kappa shape index (κ2) is 12.6. The van der Waals surface area contributed by atoms with Crippen molar-refractivity contribution in [2.75, 3.05) is 0 Å². The van der Waals surface area contributed by atoms with E-state index in [2.05, 4.69) is 187 Å². The summed E-state index contributed by atoms with van der Waals surface area (Å²) in [5, 5.41) is 2.24. The van der Waals surface area contributed by atoms with Crippen molar-refractivity contribution in [1.82, 2.24) is 18.7 Å². The maximum atomic E-state index is 6.64. The van der Waals surface area contributed by atoms with Crippen LogP contribution in [0.5, 0.6) is 11.5 Å². The van der Waals surface area contributed by atoms with E-state index in [1.807, 2.05) is 42.2 Å². The van der Waals surface area contributed by atoms with E-state index in [0.29, 0.717) is 11.5 Å². The third kappa shape index (κ3) is 4.70. The molecule has 0 amide bonds. The number of fused-ring (bicyclic) bond motifs is 13. The first-order chi connectivity index (χ1) is 28.5. The molecule has 7 heteroatoms. The second-order valence-corrected chi connectivity index (χ2v) is 17.1. The van der Waals surface area contributed by atoms with Gasteiger partial charge in [0.05, 0.1) is 5.41 Å². The molecule has 10 aromatic rings. The standard InChI is InChI=1S/C51H32N4OS.Pt/c1-32-24-25-52-50(26-32)55-46-28-35(56-34-13-11-12-33(27-34)54-31-53(2)44-18-7-8-19-45(44)54)22-23-37(46)39-29-38-36-14-3-4-15-40(36)51(43(38)30-47(39)55)41-16-5-9-20-48(41)57-49-21-10-6-17-42(49)51;/h3-26,29-30H,1-2H3;/q-2;. The number of aryl methyl sites for hydroxylation is 2. The number of hydrogen-bond acceptors (Lipinski definition) is 3. The van der Waals surface area contributed by atoms with Crippen molar-refractivity contribution in [3.05, 3.63) is 202 Å². The topological polar surface area (TPSA) is 36.9 Å². The molecule has 12 rings (SSSR count). The van der Waals surface area contributed by atoms with E-state index in [0.717, 1.165) is 53.7 Å². The summed E-state index contributed by atoms with van der Waals surface area (Å²) in [6, 6.07) is 61.9. The van der Waals surface area contributed by atoms with Gasteiger partial charge in [0.1, 0.15) is 0 Å². The third-order valence-electron chi connectivity index (χ3n) is 11.9. The molecule has 0 N–H and O–H groups in total. The Morgan fingerprint density at radius 2 is 1.31 bits per heavy atom. The van der Waals surface area contributed by atoms with Crippen molar-refractivity contribution >= 4 is 44.6 Å². The Morgan fingerprint density at radius 3 is 2.10 bits per heavy atom. The monoisotopic (exact) mass is 943 g/mol. The fraction of sp³-hybridized carbons (Fsp3) is 0.0588. The molecule has 0 saturated heterocycles. The summed E-state index contributed by atoms with van der Waals surface area (Å²) in [5.41, 5.74) is 13.6. The molecule has 2 aliphatic rings. The van der Waals surface area contributed by atoms with Gasteiger partial charge >= 0.3 is 194 Å². The van der Waals surface area contributed by atoms with Gasteiger partial charge < -0.3 is 0 Å². The molecule has 1 spiro atoms. The zero-order valence-corrected chi connectivity index (χ0v) is 34.5. The molecular formula is C51H32N4OPtS-2. The van der Waals surface area contributed by atoms with Crippen LogP contribution in [0.2, 0.25) is 0 Å². The van der Waals surface area contributed by atoms with Crippen LogP contribution in [0.15, 0.2) is 168 Å². The van der Waals surface area contributed by atoms with Gasteiger partial charge in [0.2, 0.25) is 0 Å². The molecule has 58 heavy (non-hydrogen) atoms. The van der Waals surface area contributed by atoms with Gasteiger partial charge in [0, 0.05) is 16.0 Å². The van der Waals surface area contributed by atoms with Crippen LogP contribution >= 0.6 is 11.8 Å². The summed E-state index contributed by atoms with van der Waals surface area (Å²) >= 11 is 4.24. The predicted molar refractivity (Wildman–Crippen MR) is 228 cm³/mol. The molecule has 0 saturated carbocycles. The maximum absolute atomic E-state index is 6.64. The number of rotatable bonds is 4. The summed E-state index contributed by atoms with van der Waals surface area (Å²) < 4.78 is 14.4. The average molecular weight is 944 g/mol. The van der Waals surface area contributed by atoms with E-state index in [9.17, 15) is 0 Å². The molecule has 7 aromatic carbocycles. The Balaban J connectivity index is 1.09. The van der Waals surface area contributed by atoms with Gasteiger partial charge in [-0.1, -0.05) is 72.4 Å². The Labute approximate surface area is 350 Å². The number of ether oxygens (including phenoxy) is 1. The van der Waals surface area contributed by atoms with Gasteiger partial charge in [0.25, 0.3) is 0 Å². The van der Waals surface area contributed by atoms with Crippen LogP contribution < -0.4 is 4.74 Å². The Kier molecular flexibility index (Phi) is 7.39. The van der Waals surface area contributed by atoms with Crippen molar-refractivity contribution in [2.24, 2.45) is 7.05 Å². The van der Waals surface area contributed by atoms with Gasteiger partial charge in [0.15, 0.2) is 0 Å². The quantitative estimate of drug-likeness (QED) is 0.165. The van der Waals surface area contributed by atoms with Crippen molar-refractivity contribution in [3.63, 3.8) is 0 Å². The van der Waals surface area contributed by atoms with E-state index in [4.69, 9.17) is 9.72 Å². The summed E-state index contributed by atoms with van der Waals surface area (Å²) in [6.45, 7) is 2.12. The molecule has 3 aromatic heterocycles. The smallest absolute Gasteiger partial charge is 0.0894 e. The molecule has 0 unspecified atom stereocenters. The van der Waals surface area contributed by atoms with E-state index in [1.165, 1.54) is 43.2 Å². The van der Waals surface area contributed by atoms with E-state index in [-0.39, 0.29) is 0 Å². The van der Waals surface area contributed by atoms with E-state index in [1.54, 1.807) is 0 Å². The van der Waals surface area contributed by atoms with Gasteiger partial charge in [-0.25, -0.2) is 0 Å². The van der Waals surface area contributed by atoms with Crippen molar-refractivity contribution in [1.29, 1.82) is 0 Å². The zero-order chi connectivity index (χ0) is 38.7. The Bertz CT molecular complexity index is 3380. The van der Waals surface area contributed by atoms with E-state index >= 15 is 0 Å². The number of nitrogens with zero attached hydrogens (tertiary/aromatic N) is 4. The molecular weight excluding hydrogens is 912 g/mol. The second-order valence-electron chi connectivity index (χ2n) is 15.0. The number of imidazole rings is 1. The normalized spacial score (nSPS) is 13.5. The van der Waals surface area contributed by atoms with Crippen LogP contribution in [0.1, 0.15) is 27.8 Å². The molecule has 0 fully saturated rings. The zero-order valence-electron chi connectivity index (χ0n) is 31.4. The van der Waals surface area contributed by atoms with Gasteiger partial charge in [-0.3, -0.25) is 0 Å². The SMILES string of the molecule is Cc1ccnc(-n2c3[c-]c(Oc4[c-]c(-n5[c](=[Pt])n(C)c6ccccc65)ccc4)ccc3c3cc4c(cc32)C2(c3ccccc3Sc3ccccc32)c2ccccc2-4)c1. The van der Waals surface area contributed by atoms with Crippen LogP contribution in [0, 0.1) is 22.9 Å². The van der Waals surface area contributed by atoms with Crippen molar-refractivity contribution in [3.8, 4) is 34.1 Å². The Hall–Kier alpha value is -6.20. The predicted octanol–water partition coefficient (Wildman–Crippen LogP) is 12.1. The van der Waals surface area contributed by atoms with Crippen LogP contribution in [0.4, 0.5) is 0 Å². The van der Waals surface area contributed by atoms with Gasteiger partial charge in [-0.05, 0) is 64.1 Å². The number of benzene rings is 7. The van der Waals surface area contributed by atoms with Gasteiger partial charge in [-0.15, -0.1) is 0 Å². The molecule has 0 bridgehead atoms. The summed E-state index contributed by atoms with van der Waals surface area (Å²) in [4.78, 5) is 7.55. The fourth-order valence-electron chi connectivity index (χ4n) is 9.44. The van der Waals surface area contributed by atoms with Crippen LogP contribution in [0.25, 0.3) is 55.5 Å². The molecule has 1 aliphatic carbocycles. The minimum absolute atomic E-state index is 0.487. The molecule has 0 atom stereocenters. The summed E-state index contributed by atoms with van der Waals surface area (Å²) in [5.74, 6) is 2.07. The summed E-state index contributed by atoms with van der Waals surface area (Å²) in [6.07, 6.45) is 1.89. The number of hydrogen-bond donors (Lipinski definition) is 0.